The summed E-state index contributed by atoms with van der Waals surface area (Å²) in [6.45, 7) is 2.13. The van der Waals surface area contributed by atoms with Gasteiger partial charge in [-0.15, -0.1) is 22.9 Å². The van der Waals surface area contributed by atoms with E-state index in [4.69, 9.17) is 16.3 Å². The monoisotopic (exact) mass is 500 g/mol. The summed E-state index contributed by atoms with van der Waals surface area (Å²) < 4.78 is 18.7. The van der Waals surface area contributed by atoms with Crippen LogP contribution in [0.4, 0.5) is 9.52 Å². The molecule has 2 atom stereocenters. The van der Waals surface area contributed by atoms with Gasteiger partial charge in [0.15, 0.2) is 11.2 Å². The number of ketones is 1. The normalized spacial score (nSPS) is 16.5. The highest BCUT2D eigenvalue weighted by Gasteiger charge is 2.39. The molecule has 34 heavy (non-hydrogen) atoms. The molecule has 1 aromatic heterocycles. The Labute approximate surface area is 205 Å². The SMILES string of the molecule is Cc1ccc(-c2csc(N3CC(C(=O)OC(CCCl)C(=O)c4ccc(F)cc4)CC3=O)n2)cc1. The zero-order valence-corrected chi connectivity index (χ0v) is 19.9. The third kappa shape index (κ3) is 5.34. The Bertz CT molecular complexity index is 1200. The van der Waals surface area contributed by atoms with Crippen LogP contribution in [-0.2, 0) is 14.3 Å². The van der Waals surface area contributed by atoms with Gasteiger partial charge in [-0.3, -0.25) is 19.3 Å². The van der Waals surface area contributed by atoms with E-state index in [0.717, 1.165) is 16.8 Å². The van der Waals surface area contributed by atoms with E-state index in [1.807, 2.05) is 36.6 Å². The number of anilines is 1. The van der Waals surface area contributed by atoms with Gasteiger partial charge in [-0.1, -0.05) is 29.8 Å². The van der Waals surface area contributed by atoms with Gasteiger partial charge in [0, 0.05) is 41.8 Å². The lowest BCUT2D eigenvalue weighted by Crippen LogP contribution is -2.32. The lowest BCUT2D eigenvalue weighted by atomic mass is 10.0. The van der Waals surface area contributed by atoms with Crippen molar-refractivity contribution in [2.45, 2.75) is 25.9 Å². The van der Waals surface area contributed by atoms with E-state index in [9.17, 15) is 18.8 Å². The molecule has 0 bridgehead atoms. The number of Topliss-reactive ketones (excluding diaryl/α,β-unsaturated/α-hetero) is 1. The van der Waals surface area contributed by atoms with Crippen molar-refractivity contribution in [3.05, 3.63) is 70.9 Å². The van der Waals surface area contributed by atoms with E-state index in [1.165, 1.54) is 40.5 Å². The Morgan fingerprint density at radius 2 is 1.91 bits per heavy atom. The molecule has 2 unspecified atom stereocenters. The Kier molecular flexibility index (Phi) is 7.38. The Morgan fingerprint density at radius 3 is 2.59 bits per heavy atom. The number of halogens is 2. The van der Waals surface area contributed by atoms with E-state index in [1.54, 1.807) is 0 Å². The number of hydrogen-bond donors (Lipinski definition) is 0. The van der Waals surface area contributed by atoms with Crippen LogP contribution >= 0.6 is 22.9 Å². The molecule has 1 aliphatic heterocycles. The Morgan fingerprint density at radius 1 is 1.21 bits per heavy atom. The fraction of sp³-hybridized carbons (Fsp3) is 0.280. The number of ether oxygens (including phenoxy) is 1. The molecule has 3 aromatic rings. The van der Waals surface area contributed by atoms with Crippen molar-refractivity contribution in [2.24, 2.45) is 5.92 Å². The van der Waals surface area contributed by atoms with Crippen LogP contribution in [0.3, 0.4) is 0 Å². The molecule has 4 rings (SSSR count). The van der Waals surface area contributed by atoms with Gasteiger partial charge < -0.3 is 4.74 Å². The minimum Gasteiger partial charge on any atom is -0.454 e. The van der Waals surface area contributed by atoms with Crippen LogP contribution in [0.15, 0.2) is 53.9 Å². The molecule has 9 heteroatoms. The number of aryl methyl sites for hydroxylation is 1. The zero-order chi connectivity index (χ0) is 24.2. The molecule has 0 radical (unpaired) electrons. The second-order valence-corrected chi connectivity index (χ2v) is 9.28. The van der Waals surface area contributed by atoms with Crippen molar-refractivity contribution in [1.82, 2.24) is 4.98 Å². The Balaban J connectivity index is 1.43. The maximum absolute atomic E-state index is 13.2. The average molecular weight is 501 g/mol. The second kappa shape index (κ2) is 10.4. The van der Waals surface area contributed by atoms with Crippen molar-refractivity contribution >= 4 is 45.7 Å². The summed E-state index contributed by atoms with van der Waals surface area (Å²) >= 11 is 7.14. The van der Waals surface area contributed by atoms with Gasteiger partial charge in [-0.05, 0) is 31.2 Å². The first kappa shape index (κ1) is 24.0. The fourth-order valence-corrected chi connectivity index (χ4v) is 4.73. The predicted octanol–water partition coefficient (Wildman–Crippen LogP) is 5.03. The summed E-state index contributed by atoms with van der Waals surface area (Å²) in [7, 11) is 0. The first-order chi connectivity index (χ1) is 16.4. The first-order valence-electron chi connectivity index (χ1n) is 10.7. The maximum atomic E-state index is 13.2. The van der Waals surface area contributed by atoms with E-state index in [-0.39, 0.29) is 36.7 Å². The zero-order valence-electron chi connectivity index (χ0n) is 18.4. The largest absolute Gasteiger partial charge is 0.454 e. The Hall–Kier alpha value is -3.10. The molecule has 0 N–H and O–H groups in total. The quantitative estimate of drug-likeness (QED) is 0.246. The van der Waals surface area contributed by atoms with Gasteiger partial charge >= 0.3 is 5.97 Å². The molecule has 2 heterocycles. The molecule has 1 saturated heterocycles. The van der Waals surface area contributed by atoms with E-state index in [0.29, 0.717) is 5.13 Å². The molecule has 0 saturated carbocycles. The number of carbonyl (C=O) groups is 3. The van der Waals surface area contributed by atoms with Crippen molar-refractivity contribution in [1.29, 1.82) is 0 Å². The van der Waals surface area contributed by atoms with Gasteiger partial charge in [0.1, 0.15) is 5.82 Å². The molecule has 0 aliphatic carbocycles. The summed E-state index contributed by atoms with van der Waals surface area (Å²) in [6.07, 6.45) is -1.02. The average Bonchev–Trinajstić information content (AvgIpc) is 3.46. The smallest absolute Gasteiger partial charge is 0.312 e. The molecule has 1 fully saturated rings. The summed E-state index contributed by atoms with van der Waals surface area (Å²) in [5.41, 5.74) is 3.06. The second-order valence-electron chi connectivity index (χ2n) is 8.06. The van der Waals surface area contributed by atoms with Crippen molar-refractivity contribution in [3.8, 4) is 11.3 Å². The van der Waals surface area contributed by atoms with Gasteiger partial charge in [0.05, 0.1) is 11.6 Å². The van der Waals surface area contributed by atoms with Crippen LogP contribution in [0.25, 0.3) is 11.3 Å². The predicted molar refractivity (Wildman–Crippen MR) is 129 cm³/mol. The number of thiazole rings is 1. The van der Waals surface area contributed by atoms with Gasteiger partial charge in [-0.25, -0.2) is 9.37 Å². The first-order valence-corrected chi connectivity index (χ1v) is 12.2. The third-order valence-electron chi connectivity index (χ3n) is 5.58. The van der Waals surface area contributed by atoms with Crippen LogP contribution in [-0.4, -0.2) is 41.2 Å². The highest BCUT2D eigenvalue weighted by Crippen LogP contribution is 2.32. The topological polar surface area (TPSA) is 76.6 Å². The van der Waals surface area contributed by atoms with Crippen LogP contribution in [0.1, 0.15) is 28.8 Å². The number of amides is 1. The van der Waals surface area contributed by atoms with E-state index in [2.05, 4.69) is 4.98 Å². The maximum Gasteiger partial charge on any atom is 0.312 e. The molecule has 176 valence electrons. The summed E-state index contributed by atoms with van der Waals surface area (Å²) in [5, 5.41) is 2.38. The minimum atomic E-state index is -1.10. The number of carbonyl (C=O) groups excluding carboxylic acids is 3. The van der Waals surface area contributed by atoms with Crippen LogP contribution < -0.4 is 4.90 Å². The fourth-order valence-electron chi connectivity index (χ4n) is 3.67. The standard InChI is InChI=1S/C25H22ClFN2O4S/c1-15-2-4-16(5-3-15)20-14-34-25(28-20)29-13-18(12-22(29)30)24(32)33-21(10-11-26)23(31)17-6-8-19(27)9-7-17/h2-9,14,18,21H,10-13H2,1H3. The lowest BCUT2D eigenvalue weighted by molar-refractivity contribution is -0.151. The lowest BCUT2D eigenvalue weighted by Gasteiger charge is -2.18. The molecule has 0 spiro atoms. The van der Waals surface area contributed by atoms with Crippen molar-refractivity contribution in [3.63, 3.8) is 0 Å². The summed E-state index contributed by atoms with van der Waals surface area (Å²) in [5.74, 6) is -2.43. The highest BCUT2D eigenvalue weighted by atomic mass is 35.5. The summed E-state index contributed by atoms with van der Waals surface area (Å²) in [4.78, 5) is 44.3. The summed E-state index contributed by atoms with van der Waals surface area (Å²) in [6, 6.07) is 12.9. The van der Waals surface area contributed by atoms with Gasteiger partial charge in [0.25, 0.3) is 0 Å². The van der Waals surface area contributed by atoms with Crippen LogP contribution in [0, 0.1) is 18.7 Å². The molecule has 1 aliphatic rings. The van der Waals surface area contributed by atoms with Gasteiger partial charge in [-0.2, -0.15) is 0 Å². The number of benzene rings is 2. The number of nitrogens with zero attached hydrogens (tertiary/aromatic N) is 2. The number of aromatic nitrogens is 1. The molecular weight excluding hydrogens is 479 g/mol. The molecule has 2 aromatic carbocycles. The third-order valence-corrected chi connectivity index (χ3v) is 6.66. The van der Waals surface area contributed by atoms with E-state index >= 15 is 0 Å². The van der Waals surface area contributed by atoms with Crippen LogP contribution in [0.2, 0.25) is 0 Å². The van der Waals surface area contributed by atoms with E-state index < -0.39 is 29.6 Å². The van der Waals surface area contributed by atoms with Crippen LogP contribution in [0.5, 0.6) is 0 Å². The number of alkyl halides is 1. The molecule has 1 amide bonds. The molecule has 6 nitrogen and oxygen atoms in total. The number of hydrogen-bond acceptors (Lipinski definition) is 6. The van der Waals surface area contributed by atoms with Crippen molar-refractivity contribution in [2.75, 3.05) is 17.3 Å². The minimum absolute atomic E-state index is 0.0311. The van der Waals surface area contributed by atoms with Crippen molar-refractivity contribution < 1.29 is 23.5 Å². The highest BCUT2D eigenvalue weighted by molar-refractivity contribution is 7.14. The molecular formula is C25H22ClFN2O4S. The van der Waals surface area contributed by atoms with Gasteiger partial charge in [0.2, 0.25) is 11.7 Å². The number of rotatable bonds is 8. The number of esters is 1.